The van der Waals surface area contributed by atoms with E-state index in [-0.39, 0.29) is 12.0 Å². The van der Waals surface area contributed by atoms with Crippen LogP contribution in [0.4, 0.5) is 0 Å². The van der Waals surface area contributed by atoms with Gasteiger partial charge in [-0.15, -0.1) is 11.3 Å². The largest absolute Gasteiger partial charge is 0.493 e. The highest BCUT2D eigenvalue weighted by Gasteiger charge is 2.32. The number of rotatable bonds is 6. The lowest BCUT2D eigenvalue weighted by Gasteiger charge is -2.37. The number of nitrogens with zero attached hydrogens (tertiary/aromatic N) is 1. The molecule has 1 N–H and O–H groups in total. The second kappa shape index (κ2) is 8.10. The molecule has 0 radical (unpaired) electrons. The van der Waals surface area contributed by atoms with Gasteiger partial charge in [0.05, 0.1) is 26.2 Å². The van der Waals surface area contributed by atoms with Crippen molar-refractivity contribution in [2.24, 2.45) is 5.92 Å². The lowest BCUT2D eigenvalue weighted by Crippen LogP contribution is -2.41. The number of piperidine rings is 1. The molecule has 2 unspecified atom stereocenters. The molecule has 0 aliphatic carbocycles. The minimum Gasteiger partial charge on any atom is -0.493 e. The van der Waals surface area contributed by atoms with E-state index >= 15 is 0 Å². The maximum atomic E-state index is 11.5. The van der Waals surface area contributed by atoms with Crippen LogP contribution in [0, 0.1) is 12.8 Å². The molecule has 1 saturated heterocycles. The number of aliphatic carboxylic acids is 1. The zero-order valence-electron chi connectivity index (χ0n) is 15.4. The molecule has 0 spiro atoms. The topological polar surface area (TPSA) is 59.0 Å². The van der Waals surface area contributed by atoms with Crippen LogP contribution in [0.1, 0.15) is 34.2 Å². The maximum Gasteiger partial charge on any atom is 0.307 e. The highest BCUT2D eigenvalue weighted by atomic mass is 32.1. The molecule has 1 fully saturated rings. The van der Waals surface area contributed by atoms with E-state index in [0.29, 0.717) is 18.0 Å². The summed E-state index contributed by atoms with van der Waals surface area (Å²) in [6.45, 7) is 3.54. The molecule has 2 heterocycles. The van der Waals surface area contributed by atoms with Crippen molar-refractivity contribution in [3.05, 3.63) is 45.6 Å². The van der Waals surface area contributed by atoms with Gasteiger partial charge in [0.15, 0.2) is 11.5 Å². The van der Waals surface area contributed by atoms with Crippen LogP contribution >= 0.6 is 11.3 Å². The van der Waals surface area contributed by atoms with Crippen LogP contribution in [0.25, 0.3) is 0 Å². The Kier molecular flexibility index (Phi) is 5.84. The Morgan fingerprint density at radius 2 is 2.00 bits per heavy atom. The van der Waals surface area contributed by atoms with Crippen LogP contribution in [0.2, 0.25) is 0 Å². The summed E-state index contributed by atoms with van der Waals surface area (Å²) in [4.78, 5) is 16.3. The summed E-state index contributed by atoms with van der Waals surface area (Å²) < 4.78 is 10.8. The number of methoxy groups -OCH3 is 2. The van der Waals surface area contributed by atoms with Crippen molar-refractivity contribution >= 4 is 17.3 Å². The van der Waals surface area contributed by atoms with Crippen molar-refractivity contribution in [2.45, 2.75) is 25.8 Å². The van der Waals surface area contributed by atoms with Crippen molar-refractivity contribution < 1.29 is 19.4 Å². The summed E-state index contributed by atoms with van der Waals surface area (Å²) in [5.74, 6) is 0.366. The standard InChI is InChI=1S/C20H25NO4S/c1-13-6-9-18(26-13)19(21-10-4-5-15(12-21)20(22)23)14-7-8-16(24-2)17(11-14)25-3/h6-9,11,15,19H,4-5,10,12H2,1-3H3,(H,22,23). The fraction of sp³-hybridized carbons (Fsp3) is 0.450. The smallest absolute Gasteiger partial charge is 0.307 e. The van der Waals surface area contributed by atoms with Gasteiger partial charge in [-0.3, -0.25) is 9.69 Å². The Labute approximate surface area is 158 Å². The Morgan fingerprint density at radius 1 is 1.23 bits per heavy atom. The summed E-state index contributed by atoms with van der Waals surface area (Å²) in [5, 5.41) is 9.47. The van der Waals surface area contributed by atoms with Crippen LogP contribution in [-0.4, -0.2) is 43.3 Å². The third-order valence-electron chi connectivity index (χ3n) is 4.92. The highest BCUT2D eigenvalue weighted by Crippen LogP contribution is 2.39. The molecule has 0 saturated carbocycles. The predicted octanol–water partition coefficient (Wildman–Crippen LogP) is 3.96. The first-order chi connectivity index (χ1) is 12.5. The number of carboxylic acid groups (broad SMARTS) is 1. The van der Waals surface area contributed by atoms with Gasteiger partial charge in [-0.1, -0.05) is 6.07 Å². The van der Waals surface area contributed by atoms with E-state index in [0.717, 1.165) is 24.9 Å². The molecule has 140 valence electrons. The zero-order chi connectivity index (χ0) is 18.7. The molecule has 2 atom stereocenters. The van der Waals surface area contributed by atoms with Crippen molar-refractivity contribution in [1.82, 2.24) is 4.90 Å². The molecule has 0 bridgehead atoms. The molecule has 1 aromatic heterocycles. The second-order valence-electron chi connectivity index (χ2n) is 6.64. The molecule has 3 rings (SSSR count). The molecule has 26 heavy (non-hydrogen) atoms. The Bertz CT molecular complexity index is 773. The number of likely N-dealkylation sites (tertiary alicyclic amines) is 1. The molecular weight excluding hydrogens is 350 g/mol. The average Bonchev–Trinajstić information content (AvgIpc) is 3.07. The molecule has 2 aromatic rings. The number of carbonyl (C=O) groups is 1. The Hall–Kier alpha value is -2.05. The number of hydrogen-bond acceptors (Lipinski definition) is 5. The average molecular weight is 375 g/mol. The van der Waals surface area contributed by atoms with Crippen LogP contribution < -0.4 is 9.47 Å². The molecule has 0 amide bonds. The van der Waals surface area contributed by atoms with Crippen molar-refractivity contribution in [2.75, 3.05) is 27.3 Å². The number of ether oxygens (including phenoxy) is 2. The summed E-state index contributed by atoms with van der Waals surface area (Å²) in [7, 11) is 3.26. The first-order valence-electron chi connectivity index (χ1n) is 8.78. The zero-order valence-corrected chi connectivity index (χ0v) is 16.2. The van der Waals surface area contributed by atoms with E-state index in [1.807, 2.05) is 18.2 Å². The van der Waals surface area contributed by atoms with Crippen molar-refractivity contribution in [3.63, 3.8) is 0 Å². The van der Waals surface area contributed by atoms with E-state index in [2.05, 4.69) is 24.0 Å². The highest BCUT2D eigenvalue weighted by molar-refractivity contribution is 7.12. The third-order valence-corrected chi connectivity index (χ3v) is 5.97. The summed E-state index contributed by atoms with van der Waals surface area (Å²) in [6.07, 6.45) is 1.64. The normalized spacial score (nSPS) is 19.1. The lowest BCUT2D eigenvalue weighted by molar-refractivity contribution is -0.143. The molecule has 1 aromatic carbocycles. The quantitative estimate of drug-likeness (QED) is 0.828. The van der Waals surface area contributed by atoms with Crippen LogP contribution in [0.15, 0.2) is 30.3 Å². The second-order valence-corrected chi connectivity index (χ2v) is 7.96. The maximum absolute atomic E-state index is 11.5. The number of carboxylic acids is 1. The molecule has 6 heteroatoms. The van der Waals surface area contributed by atoms with E-state index in [4.69, 9.17) is 9.47 Å². The van der Waals surface area contributed by atoms with Gasteiger partial charge in [0.2, 0.25) is 0 Å². The van der Waals surface area contributed by atoms with Gasteiger partial charge in [0.1, 0.15) is 0 Å². The van der Waals surface area contributed by atoms with E-state index in [1.165, 1.54) is 9.75 Å². The lowest BCUT2D eigenvalue weighted by atomic mass is 9.94. The van der Waals surface area contributed by atoms with Gasteiger partial charge in [-0.2, -0.15) is 0 Å². The number of aryl methyl sites for hydroxylation is 1. The fourth-order valence-corrected chi connectivity index (χ4v) is 4.66. The summed E-state index contributed by atoms with van der Waals surface area (Å²) >= 11 is 1.76. The van der Waals surface area contributed by atoms with Gasteiger partial charge in [-0.05, 0) is 56.1 Å². The van der Waals surface area contributed by atoms with Crippen LogP contribution in [0.5, 0.6) is 11.5 Å². The van der Waals surface area contributed by atoms with Gasteiger partial charge >= 0.3 is 5.97 Å². The number of hydrogen-bond donors (Lipinski definition) is 1. The van der Waals surface area contributed by atoms with Gasteiger partial charge in [0.25, 0.3) is 0 Å². The van der Waals surface area contributed by atoms with Gasteiger partial charge in [0, 0.05) is 16.3 Å². The minimum atomic E-state index is -0.705. The van der Waals surface area contributed by atoms with Gasteiger partial charge in [-0.25, -0.2) is 0 Å². The van der Waals surface area contributed by atoms with Crippen molar-refractivity contribution in [1.29, 1.82) is 0 Å². The predicted molar refractivity (Wildman–Crippen MR) is 102 cm³/mol. The third kappa shape index (κ3) is 3.86. The first-order valence-corrected chi connectivity index (χ1v) is 9.60. The van der Waals surface area contributed by atoms with Crippen LogP contribution in [-0.2, 0) is 4.79 Å². The molecule has 5 nitrogen and oxygen atoms in total. The number of thiophene rings is 1. The van der Waals surface area contributed by atoms with E-state index in [1.54, 1.807) is 25.6 Å². The van der Waals surface area contributed by atoms with Crippen molar-refractivity contribution in [3.8, 4) is 11.5 Å². The molecular formula is C20H25NO4S. The van der Waals surface area contributed by atoms with Gasteiger partial charge < -0.3 is 14.6 Å². The number of benzene rings is 1. The van der Waals surface area contributed by atoms with E-state index in [9.17, 15) is 9.90 Å². The Balaban J connectivity index is 2.00. The molecule has 1 aliphatic rings. The minimum absolute atomic E-state index is 0.0238. The summed E-state index contributed by atoms with van der Waals surface area (Å²) in [5.41, 5.74) is 1.09. The SMILES string of the molecule is COc1ccc(C(c2ccc(C)s2)N2CCCC(C(=O)O)C2)cc1OC. The molecule has 1 aliphatic heterocycles. The summed E-state index contributed by atoms with van der Waals surface area (Å²) in [6, 6.07) is 10.3. The Morgan fingerprint density at radius 3 is 2.62 bits per heavy atom. The van der Waals surface area contributed by atoms with E-state index < -0.39 is 5.97 Å². The monoisotopic (exact) mass is 375 g/mol. The fourth-order valence-electron chi connectivity index (χ4n) is 3.62. The van der Waals surface area contributed by atoms with Crippen LogP contribution in [0.3, 0.4) is 0 Å². The first kappa shape index (κ1) is 18.7.